The molecule has 21 heavy (non-hydrogen) atoms. The van der Waals surface area contributed by atoms with E-state index >= 15 is 0 Å². The first-order chi connectivity index (χ1) is 10.2. The minimum atomic E-state index is 0.189. The van der Waals surface area contributed by atoms with E-state index in [2.05, 4.69) is 35.8 Å². The zero-order valence-electron chi connectivity index (χ0n) is 12.2. The summed E-state index contributed by atoms with van der Waals surface area (Å²) in [6.07, 6.45) is 0.993. The van der Waals surface area contributed by atoms with Crippen LogP contribution in [-0.2, 0) is 17.8 Å². The molecule has 1 aliphatic heterocycles. The van der Waals surface area contributed by atoms with Crippen molar-refractivity contribution in [2.45, 2.75) is 25.9 Å². The van der Waals surface area contributed by atoms with Crippen LogP contribution >= 0.6 is 11.3 Å². The Morgan fingerprint density at radius 3 is 2.95 bits per heavy atom. The van der Waals surface area contributed by atoms with E-state index in [0.29, 0.717) is 6.54 Å². The topological polar surface area (TPSA) is 32.3 Å². The number of nitrogens with one attached hydrogen (secondary N) is 1. The number of nitrogens with zero attached hydrogens (tertiary/aromatic N) is 1. The van der Waals surface area contributed by atoms with Gasteiger partial charge in [-0.15, -0.1) is 11.3 Å². The zero-order valence-corrected chi connectivity index (χ0v) is 13.0. The minimum Gasteiger partial charge on any atom is -0.337 e. The quantitative estimate of drug-likeness (QED) is 0.941. The highest BCUT2D eigenvalue weighted by Gasteiger charge is 2.21. The SMILES string of the molecule is C[C@H](NCC(=O)N1CCc2sccc2C1)c1ccccc1. The molecule has 0 saturated heterocycles. The van der Waals surface area contributed by atoms with Crippen LogP contribution in [-0.4, -0.2) is 23.9 Å². The summed E-state index contributed by atoms with van der Waals surface area (Å²) in [4.78, 5) is 15.7. The smallest absolute Gasteiger partial charge is 0.236 e. The highest BCUT2D eigenvalue weighted by Crippen LogP contribution is 2.23. The van der Waals surface area contributed by atoms with Crippen molar-refractivity contribution in [3.8, 4) is 0 Å². The molecule has 2 heterocycles. The highest BCUT2D eigenvalue weighted by atomic mass is 32.1. The molecular weight excluding hydrogens is 280 g/mol. The molecule has 2 aromatic rings. The van der Waals surface area contributed by atoms with Gasteiger partial charge in [-0.25, -0.2) is 0 Å². The molecule has 1 aliphatic rings. The fourth-order valence-electron chi connectivity index (χ4n) is 2.67. The van der Waals surface area contributed by atoms with E-state index in [-0.39, 0.29) is 11.9 Å². The fourth-order valence-corrected chi connectivity index (χ4v) is 3.56. The third kappa shape index (κ3) is 3.34. The summed E-state index contributed by atoms with van der Waals surface area (Å²) in [5.74, 6) is 0.189. The average Bonchev–Trinajstić information content (AvgIpc) is 3.00. The molecule has 1 amide bonds. The van der Waals surface area contributed by atoms with E-state index in [4.69, 9.17) is 0 Å². The Labute approximate surface area is 129 Å². The summed E-state index contributed by atoms with van der Waals surface area (Å²) in [5.41, 5.74) is 2.53. The lowest BCUT2D eigenvalue weighted by Gasteiger charge is -2.27. The van der Waals surface area contributed by atoms with Gasteiger partial charge in [-0.3, -0.25) is 4.79 Å². The van der Waals surface area contributed by atoms with Crippen LogP contribution in [0.25, 0.3) is 0 Å². The standard InChI is InChI=1S/C17H20N2OS/c1-13(14-5-3-2-4-6-14)18-11-17(20)19-9-7-16-15(12-19)8-10-21-16/h2-6,8,10,13,18H,7,9,11-12H2,1H3/t13-/m0/s1. The summed E-state index contributed by atoms with van der Waals surface area (Å²) in [6, 6.07) is 12.6. The fraction of sp³-hybridized carbons (Fsp3) is 0.353. The van der Waals surface area contributed by atoms with E-state index in [1.54, 1.807) is 11.3 Å². The van der Waals surface area contributed by atoms with Gasteiger partial charge >= 0.3 is 0 Å². The lowest BCUT2D eigenvalue weighted by atomic mass is 10.1. The van der Waals surface area contributed by atoms with E-state index in [1.165, 1.54) is 16.0 Å². The number of hydrogen-bond donors (Lipinski definition) is 1. The molecule has 3 nitrogen and oxygen atoms in total. The third-order valence-corrected chi connectivity index (χ3v) is 5.04. The lowest BCUT2D eigenvalue weighted by molar-refractivity contribution is -0.131. The Balaban J connectivity index is 1.53. The van der Waals surface area contributed by atoms with Crippen LogP contribution in [0.3, 0.4) is 0 Å². The number of benzene rings is 1. The molecule has 3 rings (SSSR count). The molecule has 0 saturated carbocycles. The number of thiophene rings is 1. The number of carbonyl (C=O) groups excluding carboxylic acids is 1. The Bertz CT molecular complexity index is 608. The Morgan fingerprint density at radius 1 is 1.33 bits per heavy atom. The molecule has 1 aromatic heterocycles. The highest BCUT2D eigenvalue weighted by molar-refractivity contribution is 7.10. The molecule has 4 heteroatoms. The van der Waals surface area contributed by atoms with Crippen LogP contribution < -0.4 is 5.32 Å². The maximum atomic E-state index is 12.3. The van der Waals surface area contributed by atoms with Crippen LogP contribution in [0.15, 0.2) is 41.8 Å². The predicted octanol–water partition coefficient (Wildman–Crippen LogP) is 2.98. The van der Waals surface area contributed by atoms with Crippen LogP contribution in [0.1, 0.15) is 29.0 Å². The number of rotatable bonds is 4. The van der Waals surface area contributed by atoms with E-state index < -0.39 is 0 Å². The zero-order chi connectivity index (χ0) is 14.7. The largest absolute Gasteiger partial charge is 0.337 e. The molecule has 1 atom stereocenters. The van der Waals surface area contributed by atoms with Crippen molar-refractivity contribution in [1.29, 1.82) is 0 Å². The molecule has 0 spiro atoms. The van der Waals surface area contributed by atoms with Crippen LogP contribution in [0.5, 0.6) is 0 Å². The summed E-state index contributed by atoms with van der Waals surface area (Å²) in [6.45, 7) is 4.10. The first kappa shape index (κ1) is 14.3. The second-order valence-corrected chi connectivity index (χ2v) is 6.45. The maximum absolute atomic E-state index is 12.3. The van der Waals surface area contributed by atoms with E-state index in [0.717, 1.165) is 19.5 Å². The van der Waals surface area contributed by atoms with Gasteiger partial charge in [0.05, 0.1) is 6.54 Å². The van der Waals surface area contributed by atoms with Crippen LogP contribution in [0, 0.1) is 0 Å². The van der Waals surface area contributed by atoms with Gasteiger partial charge in [0.15, 0.2) is 0 Å². The van der Waals surface area contributed by atoms with Crippen LogP contribution in [0.4, 0.5) is 0 Å². The van der Waals surface area contributed by atoms with E-state index in [1.807, 2.05) is 23.1 Å². The summed E-state index contributed by atoms with van der Waals surface area (Å²) in [7, 11) is 0. The van der Waals surface area contributed by atoms with Crippen molar-refractivity contribution in [2.75, 3.05) is 13.1 Å². The monoisotopic (exact) mass is 300 g/mol. The van der Waals surface area contributed by atoms with Crippen molar-refractivity contribution < 1.29 is 4.79 Å². The first-order valence-corrected chi connectivity index (χ1v) is 8.23. The van der Waals surface area contributed by atoms with Crippen molar-refractivity contribution in [3.63, 3.8) is 0 Å². The number of fused-ring (bicyclic) bond motifs is 1. The summed E-state index contributed by atoms with van der Waals surface area (Å²) < 4.78 is 0. The van der Waals surface area contributed by atoms with Crippen molar-refractivity contribution in [2.24, 2.45) is 0 Å². The van der Waals surface area contributed by atoms with Gasteiger partial charge in [0, 0.05) is 24.0 Å². The molecular formula is C17H20N2OS. The second kappa shape index (κ2) is 6.41. The molecule has 0 fully saturated rings. The van der Waals surface area contributed by atoms with Crippen LogP contribution in [0.2, 0.25) is 0 Å². The first-order valence-electron chi connectivity index (χ1n) is 7.35. The molecule has 110 valence electrons. The van der Waals surface area contributed by atoms with Gasteiger partial charge in [0.1, 0.15) is 0 Å². The van der Waals surface area contributed by atoms with Gasteiger partial charge in [-0.2, -0.15) is 0 Å². The number of amides is 1. The maximum Gasteiger partial charge on any atom is 0.236 e. The van der Waals surface area contributed by atoms with Gasteiger partial charge in [0.2, 0.25) is 5.91 Å². The summed E-state index contributed by atoms with van der Waals surface area (Å²) >= 11 is 1.80. The van der Waals surface area contributed by atoms with E-state index in [9.17, 15) is 4.79 Å². The second-order valence-electron chi connectivity index (χ2n) is 5.45. The van der Waals surface area contributed by atoms with Crippen molar-refractivity contribution >= 4 is 17.2 Å². The minimum absolute atomic E-state index is 0.189. The number of carbonyl (C=O) groups is 1. The average molecular weight is 300 g/mol. The Hall–Kier alpha value is -1.65. The van der Waals surface area contributed by atoms with Gasteiger partial charge in [-0.05, 0) is 35.9 Å². The van der Waals surface area contributed by atoms with Gasteiger partial charge in [-0.1, -0.05) is 30.3 Å². The normalized spacial score (nSPS) is 15.6. The van der Waals surface area contributed by atoms with Crippen molar-refractivity contribution in [1.82, 2.24) is 10.2 Å². The molecule has 0 radical (unpaired) electrons. The molecule has 1 N–H and O–H groups in total. The van der Waals surface area contributed by atoms with Crippen molar-refractivity contribution in [3.05, 3.63) is 57.8 Å². The Kier molecular flexibility index (Phi) is 4.36. The predicted molar refractivity (Wildman–Crippen MR) is 86.3 cm³/mol. The number of hydrogen-bond acceptors (Lipinski definition) is 3. The molecule has 0 unspecified atom stereocenters. The molecule has 0 bridgehead atoms. The Morgan fingerprint density at radius 2 is 2.14 bits per heavy atom. The lowest BCUT2D eigenvalue weighted by Crippen LogP contribution is -2.41. The molecule has 0 aliphatic carbocycles. The van der Waals surface area contributed by atoms with Gasteiger partial charge < -0.3 is 10.2 Å². The van der Waals surface area contributed by atoms with Gasteiger partial charge in [0.25, 0.3) is 0 Å². The molecule has 1 aromatic carbocycles. The summed E-state index contributed by atoms with van der Waals surface area (Å²) in [5, 5.41) is 5.44. The third-order valence-electron chi connectivity index (χ3n) is 4.02.